The first-order chi connectivity index (χ1) is 8.88. The Morgan fingerprint density at radius 1 is 1.42 bits per heavy atom. The normalized spacial score (nSPS) is 17.6. The van der Waals surface area contributed by atoms with E-state index in [1.165, 1.54) is 7.11 Å². The third-order valence-electron chi connectivity index (χ3n) is 3.28. The lowest BCUT2D eigenvalue weighted by atomic mass is 9.96. The van der Waals surface area contributed by atoms with Gasteiger partial charge in [0.1, 0.15) is 23.2 Å². The van der Waals surface area contributed by atoms with Gasteiger partial charge in [-0.1, -0.05) is 0 Å². The van der Waals surface area contributed by atoms with Crippen LogP contribution in [0.2, 0.25) is 0 Å². The summed E-state index contributed by atoms with van der Waals surface area (Å²) in [5.41, 5.74) is 0.139. The van der Waals surface area contributed by atoms with Crippen LogP contribution in [0.15, 0.2) is 12.1 Å². The molecule has 1 aliphatic heterocycles. The van der Waals surface area contributed by atoms with Crippen LogP contribution in [0, 0.1) is 0 Å². The first-order valence-corrected chi connectivity index (χ1v) is 6.05. The van der Waals surface area contributed by atoms with E-state index in [0.717, 1.165) is 5.56 Å². The van der Waals surface area contributed by atoms with E-state index >= 15 is 0 Å². The summed E-state index contributed by atoms with van der Waals surface area (Å²) in [6, 6.07) is 3.32. The maximum absolute atomic E-state index is 11.7. The monoisotopic (exact) mass is 266 g/mol. The Labute approximate surface area is 112 Å². The molecule has 5 heteroatoms. The van der Waals surface area contributed by atoms with Crippen molar-refractivity contribution < 1.29 is 24.1 Å². The zero-order valence-corrected chi connectivity index (χ0v) is 11.5. The van der Waals surface area contributed by atoms with Crippen molar-refractivity contribution in [2.24, 2.45) is 0 Å². The van der Waals surface area contributed by atoms with E-state index < -0.39 is 17.7 Å². The lowest BCUT2D eigenvalue weighted by molar-refractivity contribution is -0.0234. The Morgan fingerprint density at radius 3 is 2.63 bits per heavy atom. The number of benzene rings is 1. The van der Waals surface area contributed by atoms with Crippen molar-refractivity contribution in [3.05, 3.63) is 23.3 Å². The second-order valence-electron chi connectivity index (χ2n) is 5.08. The van der Waals surface area contributed by atoms with Crippen LogP contribution in [0.3, 0.4) is 0 Å². The molecule has 19 heavy (non-hydrogen) atoms. The topological polar surface area (TPSA) is 65.0 Å². The minimum atomic E-state index is -1.00. The molecule has 1 aromatic carbocycles. The van der Waals surface area contributed by atoms with Gasteiger partial charge >= 0.3 is 5.97 Å². The van der Waals surface area contributed by atoms with Crippen LogP contribution < -0.4 is 9.47 Å². The van der Waals surface area contributed by atoms with Gasteiger partial charge in [0.2, 0.25) is 0 Å². The van der Waals surface area contributed by atoms with Gasteiger partial charge in [0.25, 0.3) is 0 Å². The van der Waals surface area contributed by atoms with Gasteiger partial charge in [0.15, 0.2) is 0 Å². The summed E-state index contributed by atoms with van der Waals surface area (Å²) in [7, 11) is 2.88. The van der Waals surface area contributed by atoms with Gasteiger partial charge in [0.05, 0.1) is 19.8 Å². The van der Waals surface area contributed by atoms with Gasteiger partial charge in [-0.25, -0.2) is 4.79 Å². The molecular formula is C14H18O5. The van der Waals surface area contributed by atoms with Crippen molar-refractivity contribution in [1.82, 2.24) is 0 Å². The number of fused-ring (bicyclic) bond motifs is 1. The third kappa shape index (κ3) is 2.38. The Balaban J connectivity index is 2.47. The highest BCUT2D eigenvalue weighted by molar-refractivity contribution is 5.93. The Morgan fingerprint density at radius 2 is 2.11 bits per heavy atom. The van der Waals surface area contributed by atoms with E-state index in [1.54, 1.807) is 33.1 Å². The van der Waals surface area contributed by atoms with Crippen LogP contribution in [0.1, 0.15) is 29.8 Å². The lowest BCUT2D eigenvalue weighted by Crippen LogP contribution is -2.39. The van der Waals surface area contributed by atoms with Crippen molar-refractivity contribution in [1.29, 1.82) is 0 Å². The van der Waals surface area contributed by atoms with Gasteiger partial charge in [-0.3, -0.25) is 0 Å². The summed E-state index contributed by atoms with van der Waals surface area (Å²) in [6.45, 7) is 3.35. The first kappa shape index (κ1) is 13.7. The zero-order valence-electron chi connectivity index (χ0n) is 11.5. The van der Waals surface area contributed by atoms with E-state index in [1.807, 2.05) is 0 Å². The number of carbonyl (C=O) groups is 1. The van der Waals surface area contributed by atoms with Crippen molar-refractivity contribution in [2.75, 3.05) is 14.2 Å². The highest BCUT2D eigenvalue weighted by Crippen LogP contribution is 2.41. The lowest BCUT2D eigenvalue weighted by Gasteiger charge is -2.24. The highest BCUT2D eigenvalue weighted by Gasteiger charge is 2.38. The number of ether oxygens (including phenoxy) is 3. The van der Waals surface area contributed by atoms with Gasteiger partial charge < -0.3 is 19.3 Å². The second kappa shape index (κ2) is 4.74. The number of carbonyl (C=O) groups excluding carboxylic acids is 1. The maximum Gasteiger partial charge on any atom is 0.341 e. The van der Waals surface area contributed by atoms with Crippen LogP contribution in [0.5, 0.6) is 11.5 Å². The molecule has 0 unspecified atom stereocenters. The van der Waals surface area contributed by atoms with Crippen molar-refractivity contribution in [2.45, 2.75) is 32.0 Å². The van der Waals surface area contributed by atoms with Crippen LogP contribution >= 0.6 is 0 Å². The fraction of sp³-hybridized carbons (Fsp3) is 0.500. The molecule has 0 saturated heterocycles. The molecule has 1 heterocycles. The maximum atomic E-state index is 11.7. The molecule has 0 aromatic heterocycles. The van der Waals surface area contributed by atoms with E-state index in [0.29, 0.717) is 23.5 Å². The average Bonchev–Trinajstić information content (AvgIpc) is 2.81. The van der Waals surface area contributed by atoms with Crippen molar-refractivity contribution in [3.63, 3.8) is 0 Å². The SMILES string of the molecule is COC(=O)c1ccc(OC)c2c1O[C@H](C(C)(C)O)C2. The average molecular weight is 266 g/mol. The summed E-state index contributed by atoms with van der Waals surface area (Å²) in [5.74, 6) is 0.628. The summed E-state index contributed by atoms with van der Waals surface area (Å²) in [4.78, 5) is 11.7. The fourth-order valence-electron chi connectivity index (χ4n) is 2.16. The van der Waals surface area contributed by atoms with Crippen LogP contribution in [-0.4, -0.2) is 37.0 Å². The molecule has 0 radical (unpaired) electrons. The standard InChI is InChI=1S/C14H18O5/c1-14(2,16)11-7-9-10(17-3)6-5-8(12(9)19-11)13(15)18-4/h5-6,11,16H,7H2,1-4H3/t11-/m0/s1. The van der Waals surface area contributed by atoms with Gasteiger partial charge in [-0.15, -0.1) is 0 Å². The molecule has 1 aromatic rings. The van der Waals surface area contributed by atoms with Gasteiger partial charge in [-0.05, 0) is 26.0 Å². The van der Waals surface area contributed by atoms with Gasteiger partial charge in [-0.2, -0.15) is 0 Å². The third-order valence-corrected chi connectivity index (χ3v) is 3.28. The second-order valence-corrected chi connectivity index (χ2v) is 5.08. The van der Waals surface area contributed by atoms with Crippen LogP contribution in [0.4, 0.5) is 0 Å². The summed E-state index contributed by atoms with van der Waals surface area (Å²) in [5, 5.41) is 10.1. The van der Waals surface area contributed by atoms with E-state index in [2.05, 4.69) is 0 Å². The molecule has 0 amide bonds. The number of methoxy groups -OCH3 is 2. The molecule has 1 atom stereocenters. The van der Waals surface area contributed by atoms with Crippen LogP contribution in [-0.2, 0) is 11.2 Å². The number of rotatable bonds is 3. The molecule has 0 spiro atoms. The summed E-state index contributed by atoms with van der Waals surface area (Å²) >= 11 is 0. The quantitative estimate of drug-likeness (QED) is 0.841. The van der Waals surface area contributed by atoms with E-state index in [4.69, 9.17) is 14.2 Å². The Kier molecular flexibility index (Phi) is 3.41. The highest BCUT2D eigenvalue weighted by atomic mass is 16.5. The molecular weight excluding hydrogens is 248 g/mol. The summed E-state index contributed by atoms with van der Waals surface area (Å²) in [6.07, 6.45) is 0.0783. The predicted octanol–water partition coefficient (Wildman–Crippen LogP) is 1.56. The van der Waals surface area contributed by atoms with E-state index in [9.17, 15) is 9.90 Å². The Hall–Kier alpha value is -1.75. The van der Waals surface area contributed by atoms with Crippen molar-refractivity contribution in [3.8, 4) is 11.5 Å². The van der Waals surface area contributed by atoms with Crippen molar-refractivity contribution >= 4 is 5.97 Å². The van der Waals surface area contributed by atoms with E-state index in [-0.39, 0.29) is 0 Å². The fourth-order valence-corrected chi connectivity index (χ4v) is 2.16. The molecule has 104 valence electrons. The summed E-state index contributed by atoms with van der Waals surface area (Å²) < 4.78 is 15.7. The number of hydrogen-bond donors (Lipinski definition) is 1. The molecule has 1 N–H and O–H groups in total. The molecule has 1 aliphatic rings. The minimum Gasteiger partial charge on any atom is -0.496 e. The largest absolute Gasteiger partial charge is 0.496 e. The Bertz CT molecular complexity index is 501. The van der Waals surface area contributed by atoms with Crippen LogP contribution in [0.25, 0.3) is 0 Å². The molecule has 0 bridgehead atoms. The molecule has 0 fully saturated rings. The first-order valence-electron chi connectivity index (χ1n) is 6.05. The molecule has 0 aliphatic carbocycles. The number of aliphatic hydroxyl groups is 1. The predicted molar refractivity (Wildman–Crippen MR) is 68.8 cm³/mol. The zero-order chi connectivity index (χ0) is 14.2. The molecule has 0 saturated carbocycles. The van der Waals surface area contributed by atoms with Gasteiger partial charge in [0, 0.05) is 12.0 Å². The smallest absolute Gasteiger partial charge is 0.341 e. The minimum absolute atomic E-state index is 0.352. The number of hydrogen-bond acceptors (Lipinski definition) is 5. The molecule has 2 rings (SSSR count). The number of esters is 1. The molecule has 5 nitrogen and oxygen atoms in total.